The number of pyridine rings is 2. The Morgan fingerprint density at radius 3 is 2.55 bits per heavy atom. The summed E-state index contributed by atoms with van der Waals surface area (Å²) in [5.74, 6) is 0. The third-order valence-electron chi connectivity index (χ3n) is 4.68. The van der Waals surface area contributed by atoms with E-state index < -0.39 is 0 Å². The van der Waals surface area contributed by atoms with Gasteiger partial charge < -0.3 is 11.1 Å². The lowest BCUT2D eigenvalue weighted by Gasteiger charge is -2.09. The van der Waals surface area contributed by atoms with E-state index in [9.17, 15) is 0 Å². The molecule has 2 aromatic heterocycles. The highest BCUT2D eigenvalue weighted by Crippen LogP contribution is 2.27. The second-order valence-electron chi connectivity index (χ2n) is 7.08. The van der Waals surface area contributed by atoms with E-state index >= 15 is 0 Å². The Labute approximate surface area is 183 Å². The number of benzene rings is 1. The Kier molecular flexibility index (Phi) is 7.44. The van der Waals surface area contributed by atoms with Gasteiger partial charge in [-0.25, -0.2) is 0 Å². The summed E-state index contributed by atoms with van der Waals surface area (Å²) in [7, 11) is 0. The van der Waals surface area contributed by atoms with Crippen molar-refractivity contribution >= 4 is 11.3 Å². The van der Waals surface area contributed by atoms with E-state index in [1.54, 1.807) is 30.6 Å². The molecule has 0 unspecified atom stereocenters. The molecule has 0 atom stereocenters. The number of aryl methyl sites for hydroxylation is 1. The smallest absolute Gasteiger partial charge is 0.0886 e. The molecular formula is C27H26N4. The first-order valence-electron chi connectivity index (χ1n) is 10.1. The normalized spacial score (nSPS) is 11.8. The van der Waals surface area contributed by atoms with Gasteiger partial charge in [0.25, 0.3) is 0 Å². The van der Waals surface area contributed by atoms with Gasteiger partial charge in [-0.15, -0.1) is 0 Å². The highest BCUT2D eigenvalue weighted by atomic mass is 14.8. The number of allylic oxidation sites excluding steroid dienone is 6. The van der Waals surface area contributed by atoms with Gasteiger partial charge in [0, 0.05) is 36.3 Å². The molecule has 0 aliphatic heterocycles. The van der Waals surface area contributed by atoms with E-state index in [-0.39, 0.29) is 0 Å². The zero-order chi connectivity index (χ0) is 22.1. The van der Waals surface area contributed by atoms with Gasteiger partial charge in [-0.05, 0) is 59.5 Å². The first-order valence-corrected chi connectivity index (χ1v) is 10.1. The van der Waals surface area contributed by atoms with Gasteiger partial charge in [0.05, 0.1) is 11.4 Å². The molecule has 0 amide bonds. The van der Waals surface area contributed by atoms with Crippen LogP contribution in [0, 0.1) is 12.3 Å². The standard InChI is InChI=1S/C27H26N4/c1-3-4-9-25(29)10-7-8-21(18-28)23-15-20(2)16-24(17-23)22-12-13-27(31-19-22)26-11-5-6-14-30-26/h3-9,11-19,29H,1,10,28H2,2H3/b8-7-,9-4-,21-18+,29-25?. The molecule has 4 nitrogen and oxygen atoms in total. The monoisotopic (exact) mass is 406 g/mol. The zero-order valence-corrected chi connectivity index (χ0v) is 17.6. The predicted molar refractivity (Wildman–Crippen MR) is 131 cm³/mol. The van der Waals surface area contributed by atoms with Crippen LogP contribution in [0.1, 0.15) is 17.5 Å². The minimum Gasteiger partial charge on any atom is -0.404 e. The number of nitrogens with one attached hydrogen (secondary N) is 1. The molecule has 3 rings (SSSR count). The van der Waals surface area contributed by atoms with E-state index in [4.69, 9.17) is 11.1 Å². The van der Waals surface area contributed by atoms with Crippen LogP contribution in [0.15, 0.2) is 104 Å². The fourth-order valence-corrected chi connectivity index (χ4v) is 3.16. The number of hydrogen-bond donors (Lipinski definition) is 2. The number of hydrogen-bond acceptors (Lipinski definition) is 4. The minimum atomic E-state index is 0.511. The maximum absolute atomic E-state index is 7.91. The highest BCUT2D eigenvalue weighted by molar-refractivity contribution is 5.93. The number of aromatic nitrogens is 2. The quantitative estimate of drug-likeness (QED) is 0.349. The molecular weight excluding hydrogens is 380 g/mol. The third-order valence-corrected chi connectivity index (χ3v) is 4.68. The second kappa shape index (κ2) is 10.6. The van der Waals surface area contributed by atoms with Crippen molar-refractivity contribution in [1.29, 1.82) is 5.41 Å². The lowest BCUT2D eigenvalue weighted by molar-refractivity contribution is 1.25. The predicted octanol–water partition coefficient (Wildman–Crippen LogP) is 6.13. The van der Waals surface area contributed by atoms with Crippen LogP contribution < -0.4 is 5.73 Å². The first-order chi connectivity index (χ1) is 15.1. The van der Waals surface area contributed by atoms with E-state index in [0.717, 1.165) is 39.2 Å². The Bertz CT molecular complexity index is 1140. The van der Waals surface area contributed by atoms with E-state index in [0.29, 0.717) is 12.1 Å². The summed E-state index contributed by atoms with van der Waals surface area (Å²) in [6.07, 6.45) is 14.8. The fourth-order valence-electron chi connectivity index (χ4n) is 3.16. The van der Waals surface area contributed by atoms with Crippen molar-refractivity contribution < 1.29 is 0 Å². The molecule has 2 heterocycles. The van der Waals surface area contributed by atoms with Crippen molar-refractivity contribution in [3.63, 3.8) is 0 Å². The summed E-state index contributed by atoms with van der Waals surface area (Å²) in [5.41, 5.74) is 13.3. The van der Waals surface area contributed by atoms with Crippen molar-refractivity contribution in [2.75, 3.05) is 0 Å². The largest absolute Gasteiger partial charge is 0.404 e. The van der Waals surface area contributed by atoms with Crippen molar-refractivity contribution in [2.45, 2.75) is 13.3 Å². The van der Waals surface area contributed by atoms with Gasteiger partial charge in [0.1, 0.15) is 0 Å². The molecule has 0 saturated carbocycles. The van der Waals surface area contributed by atoms with Crippen LogP contribution in [0.4, 0.5) is 0 Å². The Morgan fingerprint density at radius 2 is 1.87 bits per heavy atom. The molecule has 0 aliphatic rings. The van der Waals surface area contributed by atoms with Gasteiger partial charge in [-0.3, -0.25) is 9.97 Å². The molecule has 0 saturated heterocycles. The van der Waals surface area contributed by atoms with E-state index in [2.05, 4.69) is 47.7 Å². The lowest BCUT2D eigenvalue weighted by Crippen LogP contribution is -1.92. The summed E-state index contributed by atoms with van der Waals surface area (Å²) in [6, 6.07) is 16.2. The molecule has 154 valence electrons. The molecule has 4 heteroatoms. The van der Waals surface area contributed by atoms with Gasteiger partial charge in [-0.1, -0.05) is 55.1 Å². The maximum atomic E-state index is 7.91. The molecule has 1 aromatic carbocycles. The molecule has 0 radical (unpaired) electrons. The molecule has 3 N–H and O–H groups in total. The summed E-state index contributed by atoms with van der Waals surface area (Å²) < 4.78 is 0. The van der Waals surface area contributed by atoms with Crippen LogP contribution in [-0.2, 0) is 0 Å². The van der Waals surface area contributed by atoms with E-state index in [1.807, 2.05) is 42.6 Å². The van der Waals surface area contributed by atoms with Crippen molar-refractivity contribution in [2.24, 2.45) is 5.73 Å². The van der Waals surface area contributed by atoms with Crippen LogP contribution in [0.3, 0.4) is 0 Å². The Hall–Kier alpha value is -4.05. The molecule has 0 fully saturated rings. The SMILES string of the molecule is C=C/C=C\C(=N)C/C=C\C(=C/N)c1cc(C)cc(-c2ccc(-c3ccccn3)nc2)c1. The van der Waals surface area contributed by atoms with Gasteiger partial charge >= 0.3 is 0 Å². The number of nitrogens with two attached hydrogens (primary N) is 1. The summed E-state index contributed by atoms with van der Waals surface area (Å²) in [6.45, 7) is 5.69. The van der Waals surface area contributed by atoms with Crippen LogP contribution >= 0.6 is 0 Å². The zero-order valence-electron chi connectivity index (χ0n) is 17.6. The Morgan fingerprint density at radius 1 is 1.03 bits per heavy atom. The average Bonchev–Trinajstić information content (AvgIpc) is 2.80. The number of nitrogens with zero attached hydrogens (tertiary/aromatic N) is 2. The first kappa shape index (κ1) is 21.7. The minimum absolute atomic E-state index is 0.511. The highest BCUT2D eigenvalue weighted by Gasteiger charge is 2.06. The Balaban J connectivity index is 1.83. The summed E-state index contributed by atoms with van der Waals surface area (Å²) >= 11 is 0. The molecule has 31 heavy (non-hydrogen) atoms. The van der Waals surface area contributed by atoms with Crippen molar-refractivity contribution in [3.8, 4) is 22.5 Å². The van der Waals surface area contributed by atoms with Crippen LogP contribution in [0.5, 0.6) is 0 Å². The fraction of sp³-hybridized carbons (Fsp3) is 0.0741. The average molecular weight is 407 g/mol. The lowest BCUT2D eigenvalue weighted by atomic mass is 9.97. The number of rotatable bonds is 8. The van der Waals surface area contributed by atoms with Gasteiger partial charge in [0.2, 0.25) is 0 Å². The molecule has 0 bridgehead atoms. The van der Waals surface area contributed by atoms with Crippen molar-refractivity contribution in [1.82, 2.24) is 9.97 Å². The molecule has 0 aliphatic carbocycles. The third kappa shape index (κ3) is 5.97. The van der Waals surface area contributed by atoms with Crippen LogP contribution in [0.2, 0.25) is 0 Å². The van der Waals surface area contributed by atoms with E-state index in [1.165, 1.54) is 0 Å². The van der Waals surface area contributed by atoms with Crippen molar-refractivity contribution in [3.05, 3.63) is 115 Å². The second-order valence-corrected chi connectivity index (χ2v) is 7.08. The van der Waals surface area contributed by atoms with Gasteiger partial charge in [-0.2, -0.15) is 0 Å². The maximum Gasteiger partial charge on any atom is 0.0886 e. The van der Waals surface area contributed by atoms with Crippen LogP contribution in [0.25, 0.3) is 28.1 Å². The molecule has 0 spiro atoms. The van der Waals surface area contributed by atoms with Crippen LogP contribution in [-0.4, -0.2) is 15.7 Å². The summed E-state index contributed by atoms with van der Waals surface area (Å²) in [5, 5.41) is 7.91. The molecule has 3 aromatic rings. The topological polar surface area (TPSA) is 75.7 Å². The van der Waals surface area contributed by atoms with Gasteiger partial charge in [0.15, 0.2) is 0 Å². The summed E-state index contributed by atoms with van der Waals surface area (Å²) in [4.78, 5) is 8.95.